The van der Waals surface area contributed by atoms with Gasteiger partial charge in [-0.3, -0.25) is 4.79 Å². The molecule has 18 heavy (non-hydrogen) atoms. The predicted molar refractivity (Wildman–Crippen MR) is 67.9 cm³/mol. The molecule has 0 spiro atoms. The summed E-state index contributed by atoms with van der Waals surface area (Å²) in [4.78, 5) is 11.2. The third kappa shape index (κ3) is 4.47. The van der Waals surface area contributed by atoms with Gasteiger partial charge in [0.15, 0.2) is 0 Å². The van der Waals surface area contributed by atoms with Crippen molar-refractivity contribution in [3.05, 3.63) is 35.9 Å². The van der Waals surface area contributed by atoms with Crippen molar-refractivity contribution in [2.45, 2.75) is 38.4 Å². The lowest BCUT2D eigenvalue weighted by molar-refractivity contribution is -0.146. The highest BCUT2D eigenvalue weighted by Crippen LogP contribution is 2.26. The summed E-state index contributed by atoms with van der Waals surface area (Å²) in [5.41, 5.74) is -0.444. The topological polar surface area (TPSA) is 66.8 Å². The summed E-state index contributed by atoms with van der Waals surface area (Å²) < 4.78 is 4.75. The lowest BCUT2D eigenvalue weighted by Gasteiger charge is -2.26. The van der Waals surface area contributed by atoms with Crippen molar-refractivity contribution in [1.29, 1.82) is 0 Å². The maximum Gasteiger partial charge on any atom is 0.308 e. The van der Waals surface area contributed by atoms with Crippen LogP contribution in [0, 0.1) is 0 Å². The number of rotatable bonds is 6. The van der Waals surface area contributed by atoms with Crippen LogP contribution in [0.4, 0.5) is 0 Å². The number of benzene rings is 1. The quantitative estimate of drug-likeness (QED) is 0.755. The van der Waals surface area contributed by atoms with Crippen LogP contribution >= 0.6 is 0 Å². The molecule has 0 aliphatic rings. The van der Waals surface area contributed by atoms with Gasteiger partial charge in [0.1, 0.15) is 0 Å². The third-order valence-electron chi connectivity index (χ3n) is 2.74. The largest absolute Gasteiger partial charge is 0.466 e. The standard InChI is InChI=1S/C14H20O4/c1-3-18-13(16)9-12(15)10-14(2,17)11-7-5-4-6-8-11/h4-8,12,15,17H,3,9-10H2,1-2H3. The molecule has 1 aromatic rings. The number of esters is 1. The smallest absolute Gasteiger partial charge is 0.308 e. The van der Waals surface area contributed by atoms with E-state index in [9.17, 15) is 15.0 Å². The van der Waals surface area contributed by atoms with Crippen LogP contribution in [0.15, 0.2) is 30.3 Å². The fourth-order valence-electron chi connectivity index (χ4n) is 1.86. The van der Waals surface area contributed by atoms with E-state index < -0.39 is 17.7 Å². The average molecular weight is 252 g/mol. The van der Waals surface area contributed by atoms with Crippen LogP contribution in [0.2, 0.25) is 0 Å². The molecule has 0 aliphatic heterocycles. The summed E-state index contributed by atoms with van der Waals surface area (Å²) in [7, 11) is 0. The molecule has 0 radical (unpaired) electrons. The highest BCUT2D eigenvalue weighted by molar-refractivity contribution is 5.69. The van der Waals surface area contributed by atoms with Gasteiger partial charge >= 0.3 is 5.97 Å². The first-order chi connectivity index (χ1) is 8.45. The Hall–Kier alpha value is -1.39. The van der Waals surface area contributed by atoms with Gasteiger partial charge in [-0.15, -0.1) is 0 Å². The van der Waals surface area contributed by atoms with Gasteiger partial charge in [-0.2, -0.15) is 0 Å². The second-order valence-electron chi connectivity index (χ2n) is 4.51. The Balaban J connectivity index is 2.58. The summed E-state index contributed by atoms with van der Waals surface area (Å²) >= 11 is 0. The minimum Gasteiger partial charge on any atom is -0.466 e. The second-order valence-corrected chi connectivity index (χ2v) is 4.51. The van der Waals surface area contributed by atoms with Crippen LogP contribution in [-0.2, 0) is 15.1 Å². The first-order valence-corrected chi connectivity index (χ1v) is 6.07. The van der Waals surface area contributed by atoms with Crippen LogP contribution < -0.4 is 0 Å². The summed E-state index contributed by atoms with van der Waals surface area (Å²) in [5.74, 6) is -0.450. The van der Waals surface area contributed by atoms with E-state index in [0.717, 1.165) is 0 Å². The number of carbonyl (C=O) groups excluding carboxylic acids is 1. The Bertz CT molecular complexity index is 373. The molecule has 4 nitrogen and oxygen atoms in total. The Morgan fingerprint density at radius 3 is 2.56 bits per heavy atom. The fourth-order valence-corrected chi connectivity index (χ4v) is 1.86. The van der Waals surface area contributed by atoms with Crippen molar-refractivity contribution in [2.75, 3.05) is 6.61 Å². The first-order valence-electron chi connectivity index (χ1n) is 6.07. The normalized spacial score (nSPS) is 15.8. The minimum absolute atomic E-state index is 0.0931. The van der Waals surface area contributed by atoms with Crippen molar-refractivity contribution in [2.24, 2.45) is 0 Å². The van der Waals surface area contributed by atoms with Crippen LogP contribution in [0.3, 0.4) is 0 Å². The van der Waals surface area contributed by atoms with Crippen molar-refractivity contribution in [3.63, 3.8) is 0 Å². The van der Waals surface area contributed by atoms with E-state index in [1.165, 1.54) is 0 Å². The van der Waals surface area contributed by atoms with E-state index >= 15 is 0 Å². The highest BCUT2D eigenvalue weighted by Gasteiger charge is 2.27. The van der Waals surface area contributed by atoms with Crippen molar-refractivity contribution >= 4 is 5.97 Å². The summed E-state index contributed by atoms with van der Waals surface area (Å²) in [5, 5.41) is 20.1. The van der Waals surface area contributed by atoms with Crippen LogP contribution in [0.25, 0.3) is 0 Å². The zero-order valence-electron chi connectivity index (χ0n) is 10.8. The molecule has 0 bridgehead atoms. The van der Waals surface area contributed by atoms with Gasteiger partial charge in [-0.05, 0) is 19.4 Å². The molecule has 4 heteroatoms. The van der Waals surface area contributed by atoms with E-state index in [4.69, 9.17) is 4.74 Å². The van der Waals surface area contributed by atoms with Gasteiger partial charge in [0.05, 0.1) is 24.7 Å². The maximum atomic E-state index is 11.2. The minimum atomic E-state index is -1.16. The molecule has 2 atom stereocenters. The fraction of sp³-hybridized carbons (Fsp3) is 0.500. The van der Waals surface area contributed by atoms with Gasteiger partial charge in [-0.1, -0.05) is 30.3 Å². The molecule has 0 fully saturated rings. The Kier molecular flexibility index (Phi) is 5.31. The summed E-state index contributed by atoms with van der Waals surface area (Å²) in [6, 6.07) is 9.08. The molecule has 2 N–H and O–H groups in total. The lowest BCUT2D eigenvalue weighted by Crippen LogP contribution is -2.29. The molecule has 1 aromatic carbocycles. The Morgan fingerprint density at radius 1 is 1.39 bits per heavy atom. The number of carbonyl (C=O) groups is 1. The average Bonchev–Trinajstić information content (AvgIpc) is 2.29. The molecule has 1 rings (SSSR count). The van der Waals surface area contributed by atoms with Crippen LogP contribution in [0.5, 0.6) is 0 Å². The first kappa shape index (κ1) is 14.7. The van der Waals surface area contributed by atoms with Crippen molar-refractivity contribution in [3.8, 4) is 0 Å². The van der Waals surface area contributed by atoms with Gasteiger partial charge < -0.3 is 14.9 Å². The van der Waals surface area contributed by atoms with Crippen LogP contribution in [-0.4, -0.2) is 28.9 Å². The van der Waals surface area contributed by atoms with Crippen LogP contribution in [0.1, 0.15) is 32.3 Å². The molecule has 2 unspecified atom stereocenters. The zero-order chi connectivity index (χ0) is 13.6. The van der Waals surface area contributed by atoms with E-state index in [2.05, 4.69) is 0 Å². The number of hydrogen-bond donors (Lipinski definition) is 2. The molecule has 0 amide bonds. The summed E-state index contributed by atoms with van der Waals surface area (Å²) in [6.45, 7) is 3.63. The molecule has 0 aliphatic carbocycles. The second kappa shape index (κ2) is 6.52. The number of hydrogen-bond acceptors (Lipinski definition) is 4. The third-order valence-corrected chi connectivity index (χ3v) is 2.74. The molecular weight excluding hydrogens is 232 g/mol. The van der Waals surface area contributed by atoms with Gasteiger partial charge in [0.2, 0.25) is 0 Å². The summed E-state index contributed by atoms with van der Waals surface area (Å²) in [6.07, 6.45) is -0.925. The zero-order valence-corrected chi connectivity index (χ0v) is 10.8. The number of aliphatic hydroxyl groups excluding tert-OH is 1. The van der Waals surface area contributed by atoms with E-state index in [0.29, 0.717) is 12.2 Å². The van der Waals surface area contributed by atoms with E-state index in [-0.39, 0.29) is 12.8 Å². The molecule has 0 saturated carbocycles. The molecule has 0 aromatic heterocycles. The maximum absolute atomic E-state index is 11.2. The number of aliphatic hydroxyl groups is 2. The van der Waals surface area contributed by atoms with Gasteiger partial charge in [0.25, 0.3) is 0 Å². The van der Waals surface area contributed by atoms with Gasteiger partial charge in [-0.25, -0.2) is 0 Å². The van der Waals surface area contributed by atoms with Gasteiger partial charge in [0, 0.05) is 6.42 Å². The monoisotopic (exact) mass is 252 g/mol. The Labute approximate surface area is 107 Å². The van der Waals surface area contributed by atoms with E-state index in [1.54, 1.807) is 26.0 Å². The molecular formula is C14H20O4. The van der Waals surface area contributed by atoms with E-state index in [1.807, 2.05) is 18.2 Å². The molecule has 0 heterocycles. The Morgan fingerprint density at radius 2 is 2.00 bits per heavy atom. The molecule has 0 saturated heterocycles. The SMILES string of the molecule is CCOC(=O)CC(O)CC(C)(O)c1ccccc1. The van der Waals surface area contributed by atoms with Crippen molar-refractivity contribution in [1.82, 2.24) is 0 Å². The highest BCUT2D eigenvalue weighted by atomic mass is 16.5. The lowest BCUT2D eigenvalue weighted by atomic mass is 9.89. The number of ether oxygens (including phenoxy) is 1. The van der Waals surface area contributed by atoms with Crippen molar-refractivity contribution < 1.29 is 19.7 Å². The predicted octanol–water partition coefficient (Wildman–Crippen LogP) is 1.60. The molecule has 100 valence electrons.